The summed E-state index contributed by atoms with van der Waals surface area (Å²) in [4.78, 5) is 8.84. The molecule has 6 heteroatoms. The Morgan fingerprint density at radius 2 is 2.10 bits per heavy atom. The van der Waals surface area contributed by atoms with Crippen LogP contribution in [-0.4, -0.2) is 16.5 Å². The highest BCUT2D eigenvalue weighted by Gasteiger charge is 2.26. The monoisotopic (exact) mass is 306 g/mol. The first-order valence-electron chi connectivity index (χ1n) is 7.00. The van der Waals surface area contributed by atoms with Crippen LogP contribution in [0.15, 0.2) is 24.3 Å². The van der Waals surface area contributed by atoms with Crippen LogP contribution in [0.25, 0.3) is 0 Å². The maximum Gasteiger partial charge on any atom is 0.224 e. The number of hydrogen-bond donors (Lipinski definition) is 2. The zero-order valence-corrected chi connectivity index (χ0v) is 12.4. The number of nitrogens with zero attached hydrogens (tertiary/aromatic N) is 2. The molecule has 2 N–H and O–H groups in total. The SMILES string of the molecule is CCNc1nc(Nc2cc(Cl)ccc2F)cc(C2CC2)n1. The van der Waals surface area contributed by atoms with Gasteiger partial charge in [-0.05, 0) is 38.0 Å². The van der Waals surface area contributed by atoms with Crippen molar-refractivity contribution in [3.8, 4) is 0 Å². The van der Waals surface area contributed by atoms with Crippen LogP contribution < -0.4 is 10.6 Å². The summed E-state index contributed by atoms with van der Waals surface area (Å²) in [5.41, 5.74) is 1.30. The summed E-state index contributed by atoms with van der Waals surface area (Å²) >= 11 is 5.90. The Hall–Kier alpha value is -1.88. The van der Waals surface area contributed by atoms with E-state index >= 15 is 0 Å². The van der Waals surface area contributed by atoms with Crippen molar-refractivity contribution in [3.05, 3.63) is 40.8 Å². The largest absolute Gasteiger partial charge is 0.354 e. The van der Waals surface area contributed by atoms with Gasteiger partial charge in [0, 0.05) is 23.6 Å². The van der Waals surface area contributed by atoms with Gasteiger partial charge in [-0.25, -0.2) is 9.37 Å². The number of rotatable bonds is 5. The van der Waals surface area contributed by atoms with E-state index in [1.807, 2.05) is 13.0 Å². The zero-order chi connectivity index (χ0) is 14.8. The second-order valence-electron chi connectivity index (χ2n) is 5.06. The highest BCUT2D eigenvalue weighted by Crippen LogP contribution is 2.40. The molecule has 0 radical (unpaired) electrons. The molecule has 1 aromatic carbocycles. The number of benzene rings is 1. The average molecular weight is 307 g/mol. The number of anilines is 3. The summed E-state index contributed by atoms with van der Waals surface area (Å²) in [7, 11) is 0. The second kappa shape index (κ2) is 5.85. The van der Waals surface area contributed by atoms with Gasteiger partial charge < -0.3 is 10.6 Å². The molecule has 1 aliphatic carbocycles. The Bertz CT molecular complexity index is 658. The molecule has 0 atom stereocenters. The lowest BCUT2D eigenvalue weighted by Crippen LogP contribution is -2.06. The van der Waals surface area contributed by atoms with Gasteiger partial charge in [-0.15, -0.1) is 0 Å². The first kappa shape index (κ1) is 14.1. The molecule has 3 rings (SSSR count). The van der Waals surface area contributed by atoms with Crippen molar-refractivity contribution in [1.82, 2.24) is 9.97 Å². The van der Waals surface area contributed by atoms with Crippen molar-refractivity contribution in [2.24, 2.45) is 0 Å². The summed E-state index contributed by atoms with van der Waals surface area (Å²) in [6, 6.07) is 6.27. The fraction of sp³-hybridized carbons (Fsp3) is 0.333. The number of aromatic nitrogens is 2. The molecule has 110 valence electrons. The quantitative estimate of drug-likeness (QED) is 0.863. The highest BCUT2D eigenvalue weighted by atomic mass is 35.5. The Labute approximate surface area is 127 Å². The summed E-state index contributed by atoms with van der Waals surface area (Å²) in [5, 5.41) is 6.56. The molecule has 1 fully saturated rings. The van der Waals surface area contributed by atoms with E-state index < -0.39 is 0 Å². The van der Waals surface area contributed by atoms with E-state index in [1.54, 1.807) is 6.07 Å². The maximum absolute atomic E-state index is 13.8. The van der Waals surface area contributed by atoms with E-state index in [9.17, 15) is 4.39 Å². The summed E-state index contributed by atoms with van der Waals surface area (Å²) in [6.07, 6.45) is 2.29. The van der Waals surface area contributed by atoms with Gasteiger partial charge in [0.05, 0.1) is 11.4 Å². The Balaban J connectivity index is 1.91. The molecule has 4 nitrogen and oxygen atoms in total. The predicted octanol–water partition coefficient (Wildman–Crippen LogP) is 4.32. The lowest BCUT2D eigenvalue weighted by atomic mass is 10.2. The molecule has 0 spiro atoms. The molecule has 21 heavy (non-hydrogen) atoms. The molecule has 1 heterocycles. The van der Waals surface area contributed by atoms with Crippen LogP contribution >= 0.6 is 11.6 Å². The third kappa shape index (κ3) is 3.42. The predicted molar refractivity (Wildman–Crippen MR) is 82.9 cm³/mol. The standard InChI is InChI=1S/C15H16ClFN4/c1-2-18-15-20-12(9-3-4-9)8-14(21-15)19-13-7-10(16)5-6-11(13)17/h5-9H,2-4H2,1H3,(H2,18,19,20,21). The second-order valence-corrected chi connectivity index (χ2v) is 5.49. The zero-order valence-electron chi connectivity index (χ0n) is 11.7. The minimum absolute atomic E-state index is 0.311. The highest BCUT2D eigenvalue weighted by molar-refractivity contribution is 6.30. The van der Waals surface area contributed by atoms with E-state index in [0.717, 1.165) is 25.1 Å². The van der Waals surface area contributed by atoms with Crippen LogP contribution in [0.3, 0.4) is 0 Å². The van der Waals surface area contributed by atoms with E-state index in [2.05, 4.69) is 20.6 Å². The van der Waals surface area contributed by atoms with Crippen LogP contribution in [0.1, 0.15) is 31.4 Å². The third-order valence-corrected chi connectivity index (χ3v) is 3.50. The van der Waals surface area contributed by atoms with E-state index in [0.29, 0.717) is 28.4 Å². The fourth-order valence-electron chi connectivity index (χ4n) is 2.09. The van der Waals surface area contributed by atoms with Crippen LogP contribution in [0, 0.1) is 5.82 Å². The molecule has 1 aromatic heterocycles. The van der Waals surface area contributed by atoms with Gasteiger partial charge in [-0.3, -0.25) is 0 Å². The summed E-state index contributed by atoms with van der Waals surface area (Å²) in [6.45, 7) is 2.72. The molecule has 2 aromatic rings. The van der Waals surface area contributed by atoms with Gasteiger partial charge in [0.2, 0.25) is 5.95 Å². The van der Waals surface area contributed by atoms with Crippen LogP contribution in [-0.2, 0) is 0 Å². The van der Waals surface area contributed by atoms with Gasteiger partial charge in [0.25, 0.3) is 0 Å². The smallest absolute Gasteiger partial charge is 0.224 e. The molecule has 0 unspecified atom stereocenters. The van der Waals surface area contributed by atoms with Crippen molar-refractivity contribution in [3.63, 3.8) is 0 Å². The van der Waals surface area contributed by atoms with E-state index in [4.69, 9.17) is 11.6 Å². The lowest BCUT2D eigenvalue weighted by molar-refractivity contribution is 0.632. The number of hydrogen-bond acceptors (Lipinski definition) is 4. The van der Waals surface area contributed by atoms with Gasteiger partial charge in [-0.1, -0.05) is 11.6 Å². The molecule has 0 aliphatic heterocycles. The lowest BCUT2D eigenvalue weighted by Gasteiger charge is -2.11. The van der Waals surface area contributed by atoms with Crippen LogP contribution in [0.4, 0.5) is 21.8 Å². The first-order valence-corrected chi connectivity index (χ1v) is 7.38. The Morgan fingerprint density at radius 3 is 2.81 bits per heavy atom. The molecule has 1 aliphatic rings. The average Bonchev–Trinajstić information content (AvgIpc) is 3.28. The topological polar surface area (TPSA) is 49.8 Å². The van der Waals surface area contributed by atoms with Gasteiger partial charge in [0.1, 0.15) is 11.6 Å². The minimum Gasteiger partial charge on any atom is -0.354 e. The molecular formula is C15H16ClFN4. The van der Waals surface area contributed by atoms with Crippen molar-refractivity contribution in [2.75, 3.05) is 17.2 Å². The Morgan fingerprint density at radius 1 is 1.29 bits per heavy atom. The summed E-state index contributed by atoms with van der Waals surface area (Å²) < 4.78 is 13.8. The van der Waals surface area contributed by atoms with Gasteiger partial charge >= 0.3 is 0 Å². The third-order valence-electron chi connectivity index (χ3n) is 3.27. The van der Waals surface area contributed by atoms with E-state index in [-0.39, 0.29) is 5.82 Å². The number of nitrogens with one attached hydrogen (secondary N) is 2. The van der Waals surface area contributed by atoms with Crippen molar-refractivity contribution < 1.29 is 4.39 Å². The van der Waals surface area contributed by atoms with Gasteiger partial charge in [0.15, 0.2) is 0 Å². The van der Waals surface area contributed by atoms with Crippen molar-refractivity contribution in [1.29, 1.82) is 0 Å². The van der Waals surface area contributed by atoms with E-state index in [1.165, 1.54) is 12.1 Å². The molecule has 0 amide bonds. The van der Waals surface area contributed by atoms with Crippen molar-refractivity contribution in [2.45, 2.75) is 25.7 Å². The molecule has 1 saturated carbocycles. The first-order chi connectivity index (χ1) is 10.2. The molecule has 0 bridgehead atoms. The Kier molecular flexibility index (Phi) is 3.92. The maximum atomic E-state index is 13.8. The minimum atomic E-state index is -0.365. The van der Waals surface area contributed by atoms with Crippen LogP contribution in [0.2, 0.25) is 5.02 Å². The van der Waals surface area contributed by atoms with Gasteiger partial charge in [-0.2, -0.15) is 4.98 Å². The fourth-order valence-corrected chi connectivity index (χ4v) is 2.26. The normalized spacial score (nSPS) is 14.0. The number of halogens is 2. The van der Waals surface area contributed by atoms with Crippen LogP contribution in [0.5, 0.6) is 0 Å². The molecule has 0 saturated heterocycles. The summed E-state index contributed by atoms with van der Waals surface area (Å²) in [5.74, 6) is 1.27. The molecular weight excluding hydrogens is 291 g/mol. The van der Waals surface area contributed by atoms with Crippen molar-refractivity contribution >= 4 is 29.1 Å².